The van der Waals surface area contributed by atoms with Crippen molar-refractivity contribution in [3.63, 3.8) is 0 Å². The normalized spacial score (nSPS) is 10.8. The summed E-state index contributed by atoms with van der Waals surface area (Å²) < 4.78 is 0. The van der Waals surface area contributed by atoms with Crippen molar-refractivity contribution in [3.05, 3.63) is 68.5 Å². The molecule has 0 aliphatic heterocycles. The predicted molar refractivity (Wildman–Crippen MR) is 90.4 cm³/mol. The highest BCUT2D eigenvalue weighted by Gasteiger charge is 2.00. The molecule has 3 rings (SSSR count). The van der Waals surface area contributed by atoms with E-state index in [0.717, 1.165) is 35.1 Å². The minimum Gasteiger partial charge on any atom is -0.330 e. The number of halogens is 2. The second-order valence-electron chi connectivity index (χ2n) is 4.51. The van der Waals surface area contributed by atoms with Crippen molar-refractivity contribution in [1.82, 2.24) is 0 Å². The molecule has 0 fully saturated rings. The fourth-order valence-corrected chi connectivity index (χ4v) is 3.21. The van der Waals surface area contributed by atoms with Gasteiger partial charge < -0.3 is 5.73 Å². The van der Waals surface area contributed by atoms with Crippen LogP contribution in [0, 0.1) is 10.4 Å². The summed E-state index contributed by atoms with van der Waals surface area (Å²) >= 11 is 13.7. The molecule has 0 aromatic heterocycles. The van der Waals surface area contributed by atoms with E-state index in [1.807, 2.05) is 23.9 Å². The van der Waals surface area contributed by atoms with Gasteiger partial charge in [0.05, 0.1) is 0 Å². The SMILES string of the molecule is NCCCSCc1ccc(Cl)cc1Cl.c1cc2ccc1=2. The van der Waals surface area contributed by atoms with E-state index >= 15 is 0 Å². The predicted octanol–water partition coefficient (Wildman–Crippen LogP) is 4.86. The lowest BCUT2D eigenvalue weighted by molar-refractivity contribution is 0.943. The number of benzene rings is 2. The van der Waals surface area contributed by atoms with Crippen molar-refractivity contribution in [1.29, 1.82) is 0 Å². The van der Waals surface area contributed by atoms with E-state index in [4.69, 9.17) is 28.9 Å². The first-order valence-corrected chi connectivity index (χ1v) is 8.44. The van der Waals surface area contributed by atoms with Gasteiger partial charge in [-0.15, -0.1) is 0 Å². The third-order valence-electron chi connectivity index (χ3n) is 2.98. The van der Waals surface area contributed by atoms with E-state index in [-0.39, 0.29) is 0 Å². The fourth-order valence-electron chi connectivity index (χ4n) is 1.67. The molecule has 0 spiro atoms. The maximum Gasteiger partial charge on any atom is 0.0461 e. The van der Waals surface area contributed by atoms with Crippen LogP contribution in [-0.4, -0.2) is 12.3 Å². The van der Waals surface area contributed by atoms with Crippen LogP contribution in [0.1, 0.15) is 12.0 Å². The summed E-state index contributed by atoms with van der Waals surface area (Å²) in [5, 5.41) is 4.29. The van der Waals surface area contributed by atoms with Gasteiger partial charge in [0.15, 0.2) is 0 Å². The molecular weight excluding hydrogens is 309 g/mol. The molecule has 0 bridgehead atoms. The number of hydrogen-bond donors (Lipinski definition) is 1. The molecule has 20 heavy (non-hydrogen) atoms. The van der Waals surface area contributed by atoms with Gasteiger partial charge in [-0.2, -0.15) is 11.8 Å². The number of nitrogens with two attached hydrogens (primary N) is 1. The summed E-state index contributed by atoms with van der Waals surface area (Å²) in [7, 11) is 0. The van der Waals surface area contributed by atoms with E-state index in [9.17, 15) is 0 Å². The molecule has 1 aromatic rings. The highest BCUT2D eigenvalue weighted by atomic mass is 35.5. The van der Waals surface area contributed by atoms with Crippen LogP contribution >= 0.6 is 35.0 Å². The Hall–Kier alpha value is -0.670. The largest absolute Gasteiger partial charge is 0.330 e. The second-order valence-corrected chi connectivity index (χ2v) is 6.46. The van der Waals surface area contributed by atoms with Gasteiger partial charge in [0.1, 0.15) is 0 Å². The number of rotatable bonds is 5. The molecule has 0 radical (unpaired) electrons. The van der Waals surface area contributed by atoms with E-state index in [0.29, 0.717) is 5.02 Å². The Bertz CT molecular complexity index is 608. The molecule has 2 N–H and O–H groups in total. The average molecular weight is 326 g/mol. The summed E-state index contributed by atoms with van der Waals surface area (Å²) in [6.07, 6.45) is 1.05. The number of hydrogen-bond acceptors (Lipinski definition) is 2. The highest BCUT2D eigenvalue weighted by Crippen LogP contribution is 2.24. The van der Waals surface area contributed by atoms with Gasteiger partial charge in [-0.05, 0) is 46.9 Å². The average Bonchev–Trinajstić information content (AvgIpc) is 2.41. The van der Waals surface area contributed by atoms with Crippen LogP contribution < -0.4 is 5.73 Å². The quantitative estimate of drug-likeness (QED) is 0.678. The van der Waals surface area contributed by atoms with Crippen molar-refractivity contribution in [2.45, 2.75) is 12.2 Å². The first kappa shape index (κ1) is 15.7. The maximum absolute atomic E-state index is 6.02. The minimum atomic E-state index is 0.686. The first-order valence-electron chi connectivity index (χ1n) is 6.53. The molecule has 1 nitrogen and oxygen atoms in total. The van der Waals surface area contributed by atoms with Gasteiger partial charge in [0.25, 0.3) is 0 Å². The standard InChI is InChI=1S/C10H13Cl2NS.C6H4/c11-9-3-2-8(10(12)6-9)7-14-5-1-4-13;1-2-6-4-3-5(1)6/h2-3,6H,1,4-5,7,13H2;1-4H. The summed E-state index contributed by atoms with van der Waals surface area (Å²) in [6, 6.07) is 14.1. The van der Waals surface area contributed by atoms with Crippen LogP contribution in [0.25, 0.3) is 0 Å². The molecule has 4 heteroatoms. The van der Waals surface area contributed by atoms with E-state index in [1.165, 1.54) is 10.4 Å². The van der Waals surface area contributed by atoms with Gasteiger partial charge in [0, 0.05) is 15.8 Å². The van der Waals surface area contributed by atoms with Crippen molar-refractivity contribution >= 4 is 35.0 Å². The Morgan fingerprint density at radius 1 is 0.950 bits per heavy atom. The van der Waals surface area contributed by atoms with Crippen LogP contribution in [0.15, 0.2) is 42.5 Å². The van der Waals surface area contributed by atoms with Crippen molar-refractivity contribution in [2.24, 2.45) is 5.73 Å². The third-order valence-corrected chi connectivity index (χ3v) is 4.66. The molecule has 2 aliphatic carbocycles. The first-order chi connectivity index (χ1) is 9.70. The number of thioether (sulfide) groups is 1. The molecule has 0 unspecified atom stereocenters. The summed E-state index contributed by atoms with van der Waals surface area (Å²) in [5.41, 5.74) is 6.54. The Morgan fingerprint density at radius 3 is 2.05 bits per heavy atom. The zero-order valence-electron chi connectivity index (χ0n) is 11.1. The Morgan fingerprint density at radius 2 is 1.60 bits per heavy atom. The van der Waals surface area contributed by atoms with Gasteiger partial charge in [-0.25, -0.2) is 0 Å². The molecule has 0 amide bonds. The van der Waals surface area contributed by atoms with Crippen LogP contribution in [-0.2, 0) is 5.75 Å². The lowest BCUT2D eigenvalue weighted by Crippen LogP contribution is -1.99. The van der Waals surface area contributed by atoms with E-state index in [2.05, 4.69) is 24.3 Å². The Kier molecular flexibility index (Phi) is 6.24. The van der Waals surface area contributed by atoms with Crippen LogP contribution in [0.3, 0.4) is 0 Å². The second kappa shape index (κ2) is 7.94. The zero-order valence-corrected chi connectivity index (χ0v) is 13.4. The molecule has 0 heterocycles. The smallest absolute Gasteiger partial charge is 0.0461 e. The van der Waals surface area contributed by atoms with Gasteiger partial charge in [0.2, 0.25) is 0 Å². The van der Waals surface area contributed by atoms with Gasteiger partial charge >= 0.3 is 0 Å². The lowest BCUT2D eigenvalue weighted by Gasteiger charge is -2.04. The summed E-state index contributed by atoms with van der Waals surface area (Å²) in [5.74, 6) is 2.01. The van der Waals surface area contributed by atoms with Crippen molar-refractivity contribution in [2.75, 3.05) is 12.3 Å². The highest BCUT2D eigenvalue weighted by molar-refractivity contribution is 7.98. The van der Waals surface area contributed by atoms with Crippen molar-refractivity contribution in [3.8, 4) is 0 Å². The molecule has 106 valence electrons. The van der Waals surface area contributed by atoms with Crippen LogP contribution in [0.2, 0.25) is 10.0 Å². The molecule has 1 aromatic carbocycles. The van der Waals surface area contributed by atoms with Gasteiger partial charge in [-0.1, -0.05) is 53.5 Å². The Labute approximate surface area is 133 Å². The molecule has 0 saturated heterocycles. The third kappa shape index (κ3) is 4.42. The minimum absolute atomic E-state index is 0.686. The topological polar surface area (TPSA) is 26.0 Å². The zero-order chi connectivity index (χ0) is 14.4. The maximum atomic E-state index is 6.02. The van der Waals surface area contributed by atoms with E-state index < -0.39 is 0 Å². The molecule has 0 saturated carbocycles. The summed E-state index contributed by atoms with van der Waals surface area (Å²) in [6.45, 7) is 0.751. The molecule has 0 atom stereocenters. The lowest BCUT2D eigenvalue weighted by atomic mass is 10.1. The van der Waals surface area contributed by atoms with Crippen molar-refractivity contribution < 1.29 is 0 Å². The Balaban J connectivity index is 0.000000198. The molecular formula is C16H17Cl2NS. The van der Waals surface area contributed by atoms with Gasteiger partial charge in [-0.3, -0.25) is 0 Å². The monoisotopic (exact) mass is 325 g/mol. The molecule has 2 aliphatic rings. The van der Waals surface area contributed by atoms with Crippen LogP contribution in [0.5, 0.6) is 0 Å². The van der Waals surface area contributed by atoms with E-state index in [1.54, 1.807) is 6.07 Å². The fraction of sp³-hybridized carbons (Fsp3) is 0.250. The summed E-state index contributed by atoms with van der Waals surface area (Å²) in [4.78, 5) is 0. The van der Waals surface area contributed by atoms with Crippen LogP contribution in [0.4, 0.5) is 0 Å².